The van der Waals surface area contributed by atoms with Gasteiger partial charge in [-0.25, -0.2) is 4.98 Å². The fraction of sp³-hybridized carbons (Fsp3) is 0.286. The minimum Gasteiger partial charge on any atom is -0.328 e. The summed E-state index contributed by atoms with van der Waals surface area (Å²) in [4.78, 5) is 23.6. The van der Waals surface area contributed by atoms with Crippen molar-refractivity contribution in [3.63, 3.8) is 0 Å². The van der Waals surface area contributed by atoms with Crippen LogP contribution in [0.2, 0.25) is 0 Å². The van der Waals surface area contributed by atoms with Crippen molar-refractivity contribution >= 4 is 5.91 Å². The van der Waals surface area contributed by atoms with Gasteiger partial charge in [-0.1, -0.05) is 36.4 Å². The molecule has 1 aromatic carbocycles. The number of pyridine rings is 1. The molecule has 1 atom stereocenters. The van der Waals surface area contributed by atoms with Crippen LogP contribution in [0.1, 0.15) is 35.1 Å². The summed E-state index contributed by atoms with van der Waals surface area (Å²) in [6.45, 7) is 3.38. The summed E-state index contributed by atoms with van der Waals surface area (Å²) in [7, 11) is 0. The fourth-order valence-electron chi connectivity index (χ4n) is 3.58. The first kappa shape index (κ1) is 16.5. The average Bonchev–Trinajstić information content (AvgIpc) is 3.07. The molecule has 1 aliphatic heterocycles. The van der Waals surface area contributed by atoms with E-state index in [9.17, 15) is 4.79 Å². The van der Waals surface area contributed by atoms with Gasteiger partial charge in [0.25, 0.3) is 0 Å². The van der Waals surface area contributed by atoms with Gasteiger partial charge in [0.2, 0.25) is 5.91 Å². The lowest BCUT2D eigenvalue weighted by molar-refractivity contribution is -0.135. The van der Waals surface area contributed by atoms with E-state index in [1.807, 2.05) is 47.6 Å². The third kappa shape index (κ3) is 3.25. The minimum atomic E-state index is 0.0398. The predicted octanol–water partition coefficient (Wildman–Crippen LogP) is 3.30. The number of amides is 1. The maximum Gasteiger partial charge on any atom is 0.223 e. The first-order chi connectivity index (χ1) is 12.7. The van der Waals surface area contributed by atoms with Crippen LogP contribution in [0, 0.1) is 6.92 Å². The van der Waals surface area contributed by atoms with E-state index in [2.05, 4.69) is 33.6 Å². The second-order valence-electron chi connectivity index (χ2n) is 6.74. The van der Waals surface area contributed by atoms with Gasteiger partial charge in [0.05, 0.1) is 12.6 Å². The fourth-order valence-corrected chi connectivity index (χ4v) is 3.58. The molecule has 132 valence electrons. The molecule has 0 aliphatic carbocycles. The number of imidazole rings is 1. The molecule has 1 unspecified atom stereocenters. The number of rotatable bonds is 4. The van der Waals surface area contributed by atoms with Crippen molar-refractivity contribution in [3.05, 3.63) is 83.7 Å². The Hall–Kier alpha value is -2.95. The molecule has 2 aromatic heterocycles. The summed E-state index contributed by atoms with van der Waals surface area (Å²) in [5, 5.41) is 0. The quantitative estimate of drug-likeness (QED) is 0.728. The third-order valence-corrected chi connectivity index (χ3v) is 5.04. The zero-order valence-corrected chi connectivity index (χ0v) is 14.9. The van der Waals surface area contributed by atoms with Crippen LogP contribution >= 0.6 is 0 Å². The van der Waals surface area contributed by atoms with E-state index in [1.165, 1.54) is 5.56 Å². The molecule has 0 fully saturated rings. The maximum atomic E-state index is 13.0. The molecule has 3 heterocycles. The van der Waals surface area contributed by atoms with Crippen LogP contribution in [0.5, 0.6) is 0 Å². The molecule has 0 saturated carbocycles. The number of carbonyl (C=O) groups is 1. The van der Waals surface area contributed by atoms with Gasteiger partial charge < -0.3 is 9.47 Å². The normalized spacial score (nSPS) is 16.3. The Morgan fingerprint density at radius 1 is 1.15 bits per heavy atom. The van der Waals surface area contributed by atoms with E-state index in [0.717, 1.165) is 23.6 Å². The molecular formula is C21H22N4O. The zero-order chi connectivity index (χ0) is 17.9. The summed E-state index contributed by atoms with van der Waals surface area (Å²) >= 11 is 0. The molecular weight excluding hydrogens is 324 g/mol. The lowest BCUT2D eigenvalue weighted by Gasteiger charge is -2.37. The third-order valence-electron chi connectivity index (χ3n) is 5.04. The first-order valence-electron chi connectivity index (χ1n) is 8.96. The topological polar surface area (TPSA) is 51.0 Å². The molecule has 0 bridgehead atoms. The summed E-state index contributed by atoms with van der Waals surface area (Å²) in [6.07, 6.45) is 6.66. The zero-order valence-electron chi connectivity index (χ0n) is 14.9. The van der Waals surface area contributed by atoms with E-state index < -0.39 is 0 Å². The lowest BCUT2D eigenvalue weighted by Crippen LogP contribution is -2.41. The SMILES string of the molecule is Cc1cnc2n1CC(c1ccccc1)N(C(=O)CCc1cccnc1)C2. The van der Waals surface area contributed by atoms with Gasteiger partial charge in [0.1, 0.15) is 5.82 Å². The molecule has 4 rings (SSSR count). The maximum absolute atomic E-state index is 13.0. The van der Waals surface area contributed by atoms with Crippen LogP contribution in [0.3, 0.4) is 0 Å². The Morgan fingerprint density at radius 3 is 2.77 bits per heavy atom. The van der Waals surface area contributed by atoms with Crippen molar-refractivity contribution in [2.45, 2.75) is 38.9 Å². The molecule has 5 nitrogen and oxygen atoms in total. The highest BCUT2D eigenvalue weighted by molar-refractivity contribution is 5.77. The lowest BCUT2D eigenvalue weighted by atomic mass is 10.0. The van der Waals surface area contributed by atoms with Crippen LogP contribution in [-0.2, 0) is 24.3 Å². The van der Waals surface area contributed by atoms with Gasteiger partial charge >= 0.3 is 0 Å². The van der Waals surface area contributed by atoms with Crippen LogP contribution in [0.25, 0.3) is 0 Å². The van der Waals surface area contributed by atoms with Gasteiger partial charge in [-0.3, -0.25) is 9.78 Å². The van der Waals surface area contributed by atoms with Crippen LogP contribution in [0.4, 0.5) is 0 Å². The van der Waals surface area contributed by atoms with Crippen molar-refractivity contribution in [2.75, 3.05) is 0 Å². The van der Waals surface area contributed by atoms with E-state index >= 15 is 0 Å². The number of aromatic nitrogens is 3. The highest BCUT2D eigenvalue weighted by Gasteiger charge is 2.31. The number of fused-ring (bicyclic) bond motifs is 1. The van der Waals surface area contributed by atoms with E-state index in [0.29, 0.717) is 19.4 Å². The summed E-state index contributed by atoms with van der Waals surface area (Å²) < 4.78 is 2.22. The van der Waals surface area contributed by atoms with Crippen molar-refractivity contribution in [2.24, 2.45) is 0 Å². The Kier molecular flexibility index (Phi) is 4.52. The Morgan fingerprint density at radius 2 is 2.00 bits per heavy atom. The minimum absolute atomic E-state index is 0.0398. The number of benzene rings is 1. The van der Waals surface area contributed by atoms with Crippen molar-refractivity contribution in [1.82, 2.24) is 19.4 Å². The monoisotopic (exact) mass is 346 g/mol. The highest BCUT2D eigenvalue weighted by atomic mass is 16.2. The van der Waals surface area contributed by atoms with Crippen molar-refractivity contribution in [1.29, 1.82) is 0 Å². The number of hydrogen-bond acceptors (Lipinski definition) is 3. The molecule has 0 N–H and O–H groups in total. The number of nitrogens with zero attached hydrogens (tertiary/aromatic N) is 4. The van der Waals surface area contributed by atoms with Crippen molar-refractivity contribution in [3.8, 4) is 0 Å². The highest BCUT2D eigenvalue weighted by Crippen LogP contribution is 2.30. The Labute approximate surface area is 153 Å². The molecule has 0 spiro atoms. The molecule has 1 aliphatic rings. The van der Waals surface area contributed by atoms with Gasteiger partial charge in [0, 0.05) is 37.3 Å². The molecule has 1 amide bonds. The van der Waals surface area contributed by atoms with E-state index in [1.54, 1.807) is 6.20 Å². The van der Waals surface area contributed by atoms with Crippen LogP contribution in [-0.4, -0.2) is 25.3 Å². The first-order valence-corrected chi connectivity index (χ1v) is 8.96. The predicted molar refractivity (Wildman–Crippen MR) is 99.3 cm³/mol. The molecule has 26 heavy (non-hydrogen) atoms. The van der Waals surface area contributed by atoms with E-state index in [4.69, 9.17) is 0 Å². The van der Waals surface area contributed by atoms with E-state index in [-0.39, 0.29) is 11.9 Å². The van der Waals surface area contributed by atoms with Crippen LogP contribution < -0.4 is 0 Å². The second-order valence-corrected chi connectivity index (χ2v) is 6.74. The standard InChI is InChI=1S/C21H22N4O/c1-16-12-23-20-15-25(21(26)10-9-17-6-5-11-22-13-17)19(14-24(16)20)18-7-3-2-4-8-18/h2-8,11-13,19H,9-10,14-15H2,1H3. The van der Waals surface area contributed by atoms with Gasteiger partial charge in [0.15, 0.2) is 0 Å². The summed E-state index contributed by atoms with van der Waals surface area (Å²) in [6, 6.07) is 14.2. The smallest absolute Gasteiger partial charge is 0.223 e. The second kappa shape index (κ2) is 7.12. The summed E-state index contributed by atoms with van der Waals surface area (Å²) in [5.41, 5.74) is 3.40. The summed E-state index contributed by atoms with van der Waals surface area (Å²) in [5.74, 6) is 1.12. The number of aryl methyl sites for hydroxylation is 2. The van der Waals surface area contributed by atoms with Crippen LogP contribution in [0.15, 0.2) is 61.1 Å². The molecule has 0 saturated heterocycles. The van der Waals surface area contributed by atoms with Gasteiger partial charge in [-0.15, -0.1) is 0 Å². The Bertz CT molecular complexity index is 889. The van der Waals surface area contributed by atoms with Gasteiger partial charge in [-0.05, 0) is 30.5 Å². The number of hydrogen-bond donors (Lipinski definition) is 0. The largest absolute Gasteiger partial charge is 0.328 e. The van der Waals surface area contributed by atoms with Crippen molar-refractivity contribution < 1.29 is 4.79 Å². The average molecular weight is 346 g/mol. The Balaban J connectivity index is 1.58. The molecule has 3 aromatic rings. The van der Waals surface area contributed by atoms with Gasteiger partial charge in [-0.2, -0.15) is 0 Å². The molecule has 0 radical (unpaired) electrons. The molecule has 5 heteroatoms. The number of carbonyl (C=O) groups excluding carboxylic acids is 1.